The summed E-state index contributed by atoms with van der Waals surface area (Å²) in [6.45, 7) is 3.36. The van der Waals surface area contributed by atoms with Crippen molar-refractivity contribution in [2.45, 2.75) is 38.9 Å². The molecular formula is C9H16F3NO2. The molecule has 0 radical (unpaired) electrons. The monoisotopic (exact) mass is 227 g/mol. The maximum Gasteiger partial charge on any atom is 0.404 e. The lowest BCUT2D eigenvalue weighted by Gasteiger charge is -2.23. The molecule has 0 aliphatic carbocycles. The van der Waals surface area contributed by atoms with E-state index in [-0.39, 0.29) is 13.0 Å². The van der Waals surface area contributed by atoms with Crippen LogP contribution in [0.5, 0.6) is 0 Å². The quantitative estimate of drug-likeness (QED) is 0.729. The highest BCUT2D eigenvalue weighted by atomic mass is 19.4. The maximum atomic E-state index is 12.2. The molecule has 0 aromatic carbocycles. The van der Waals surface area contributed by atoms with E-state index in [1.807, 2.05) is 0 Å². The largest absolute Gasteiger partial charge is 0.465 e. The molecule has 2 atom stereocenters. The lowest BCUT2D eigenvalue weighted by molar-refractivity contribution is -0.176. The molecule has 0 bridgehead atoms. The molecule has 0 spiro atoms. The zero-order valence-electron chi connectivity index (χ0n) is 8.80. The Morgan fingerprint density at radius 3 is 2.27 bits per heavy atom. The molecule has 0 aromatic heterocycles. The Hall–Kier alpha value is -0.780. The van der Waals surface area contributed by atoms with Crippen LogP contribution in [-0.4, -0.2) is 24.8 Å². The smallest absolute Gasteiger partial charge is 0.404 e. The number of ether oxygens (including phenoxy) is 1. The first kappa shape index (κ1) is 14.2. The highest BCUT2D eigenvalue weighted by molar-refractivity contribution is 5.73. The van der Waals surface area contributed by atoms with Gasteiger partial charge >= 0.3 is 12.1 Å². The van der Waals surface area contributed by atoms with Crippen LogP contribution in [0.4, 0.5) is 13.2 Å². The van der Waals surface area contributed by atoms with Crippen molar-refractivity contribution in [1.29, 1.82) is 0 Å². The lowest BCUT2D eigenvalue weighted by atomic mass is 9.97. The summed E-state index contributed by atoms with van der Waals surface area (Å²) in [5.74, 6) is -2.18. The molecule has 6 heteroatoms. The van der Waals surface area contributed by atoms with E-state index in [1.165, 1.54) is 6.92 Å². The van der Waals surface area contributed by atoms with E-state index in [0.717, 1.165) is 0 Å². The van der Waals surface area contributed by atoms with E-state index in [2.05, 4.69) is 4.74 Å². The molecule has 0 aliphatic heterocycles. The van der Waals surface area contributed by atoms with Gasteiger partial charge in [0, 0.05) is 0 Å². The van der Waals surface area contributed by atoms with E-state index in [1.54, 1.807) is 6.92 Å². The van der Waals surface area contributed by atoms with Crippen molar-refractivity contribution >= 4 is 5.97 Å². The average molecular weight is 227 g/mol. The Balaban J connectivity index is 4.41. The fourth-order valence-corrected chi connectivity index (χ4v) is 1.11. The minimum Gasteiger partial charge on any atom is -0.465 e. The zero-order valence-corrected chi connectivity index (χ0v) is 8.80. The first-order valence-electron chi connectivity index (χ1n) is 4.83. The fraction of sp³-hybridized carbons (Fsp3) is 0.889. The van der Waals surface area contributed by atoms with Crippen molar-refractivity contribution < 1.29 is 22.7 Å². The van der Waals surface area contributed by atoms with E-state index < -0.39 is 24.1 Å². The number of carbonyl (C=O) groups is 1. The second-order valence-corrected chi connectivity index (χ2v) is 3.25. The third kappa shape index (κ3) is 4.51. The minimum absolute atomic E-state index is 0.0171. The normalized spacial score (nSPS) is 15.9. The van der Waals surface area contributed by atoms with Crippen LogP contribution >= 0.6 is 0 Å². The average Bonchev–Trinajstić information content (AvgIpc) is 2.14. The fourth-order valence-electron chi connectivity index (χ4n) is 1.11. The van der Waals surface area contributed by atoms with Gasteiger partial charge in [0.25, 0.3) is 0 Å². The number of hydrogen-bond donors (Lipinski definition) is 1. The van der Waals surface area contributed by atoms with Crippen LogP contribution in [0.15, 0.2) is 0 Å². The van der Waals surface area contributed by atoms with E-state index in [9.17, 15) is 18.0 Å². The summed E-state index contributed by atoms with van der Waals surface area (Å²) in [5.41, 5.74) is 4.95. The number of carbonyl (C=O) groups excluding carboxylic acids is 1. The Bertz CT molecular complexity index is 206. The van der Waals surface area contributed by atoms with Gasteiger partial charge in [-0.2, -0.15) is 13.2 Å². The molecule has 2 N–H and O–H groups in total. The van der Waals surface area contributed by atoms with Crippen LogP contribution in [0, 0.1) is 5.92 Å². The molecule has 0 saturated heterocycles. The van der Waals surface area contributed by atoms with E-state index in [0.29, 0.717) is 6.42 Å². The Kier molecular flexibility index (Phi) is 5.64. The molecule has 15 heavy (non-hydrogen) atoms. The van der Waals surface area contributed by atoms with Gasteiger partial charge < -0.3 is 10.5 Å². The number of esters is 1. The van der Waals surface area contributed by atoms with Crippen LogP contribution in [0.2, 0.25) is 0 Å². The molecule has 90 valence electrons. The van der Waals surface area contributed by atoms with Gasteiger partial charge in [0.15, 0.2) is 0 Å². The van der Waals surface area contributed by atoms with Gasteiger partial charge in [-0.3, -0.25) is 4.79 Å². The van der Waals surface area contributed by atoms with Crippen LogP contribution in [-0.2, 0) is 9.53 Å². The molecule has 0 fully saturated rings. The van der Waals surface area contributed by atoms with Gasteiger partial charge in [0.1, 0.15) is 6.04 Å². The van der Waals surface area contributed by atoms with Crippen LogP contribution in [0.1, 0.15) is 26.7 Å². The number of rotatable bonds is 5. The maximum absolute atomic E-state index is 12.2. The topological polar surface area (TPSA) is 52.3 Å². The summed E-state index contributed by atoms with van der Waals surface area (Å²) in [7, 11) is 0. The summed E-state index contributed by atoms with van der Waals surface area (Å²) < 4.78 is 41.3. The molecule has 0 aromatic rings. The minimum atomic E-state index is -4.56. The first-order valence-corrected chi connectivity index (χ1v) is 4.83. The van der Waals surface area contributed by atoms with Gasteiger partial charge in [0.05, 0.1) is 12.5 Å². The highest BCUT2D eigenvalue weighted by Crippen LogP contribution is 2.26. The number of hydrogen-bond acceptors (Lipinski definition) is 3. The van der Waals surface area contributed by atoms with Gasteiger partial charge in [0.2, 0.25) is 0 Å². The second-order valence-electron chi connectivity index (χ2n) is 3.25. The van der Waals surface area contributed by atoms with Crippen LogP contribution in [0.25, 0.3) is 0 Å². The van der Waals surface area contributed by atoms with Crippen molar-refractivity contribution in [2.24, 2.45) is 11.7 Å². The summed E-state index contributed by atoms with van der Waals surface area (Å²) in [6, 6.07) is -2.15. The summed E-state index contributed by atoms with van der Waals surface area (Å²) in [5, 5.41) is 0. The number of halogens is 3. The molecule has 0 amide bonds. The van der Waals surface area contributed by atoms with Crippen LogP contribution in [0.3, 0.4) is 0 Å². The number of alkyl halides is 3. The first-order chi connectivity index (χ1) is 6.84. The summed E-state index contributed by atoms with van der Waals surface area (Å²) in [6.07, 6.45) is -3.97. The van der Waals surface area contributed by atoms with Crippen molar-refractivity contribution in [2.75, 3.05) is 6.61 Å². The molecule has 0 aliphatic rings. The van der Waals surface area contributed by atoms with Gasteiger partial charge in [-0.1, -0.05) is 13.8 Å². The highest BCUT2D eigenvalue weighted by Gasteiger charge is 2.44. The molecular weight excluding hydrogens is 211 g/mol. The predicted octanol–water partition coefficient (Wildman–Crippen LogP) is 1.86. The Labute approximate surface area is 86.8 Å². The van der Waals surface area contributed by atoms with Crippen molar-refractivity contribution in [3.05, 3.63) is 0 Å². The molecule has 0 saturated carbocycles. The van der Waals surface area contributed by atoms with E-state index >= 15 is 0 Å². The van der Waals surface area contributed by atoms with Gasteiger partial charge in [-0.15, -0.1) is 0 Å². The Morgan fingerprint density at radius 1 is 1.40 bits per heavy atom. The van der Waals surface area contributed by atoms with Crippen molar-refractivity contribution in [3.63, 3.8) is 0 Å². The van der Waals surface area contributed by atoms with Gasteiger partial charge in [-0.25, -0.2) is 0 Å². The summed E-state index contributed by atoms with van der Waals surface area (Å²) in [4.78, 5) is 11.2. The number of nitrogens with two attached hydrogens (primary N) is 1. The third-order valence-electron chi connectivity index (χ3n) is 2.00. The zero-order chi connectivity index (χ0) is 12.1. The van der Waals surface area contributed by atoms with Crippen LogP contribution < -0.4 is 5.73 Å². The molecule has 0 unspecified atom stereocenters. The molecule has 0 heterocycles. The standard InChI is InChI=1S/C9H16F3NO2/c1-3-5-15-8(14)6(4-2)7(13)9(10,11)12/h6-7H,3-5,13H2,1-2H3/t6-,7-/m0/s1. The van der Waals surface area contributed by atoms with Crippen molar-refractivity contribution in [1.82, 2.24) is 0 Å². The Morgan fingerprint density at radius 2 is 1.93 bits per heavy atom. The van der Waals surface area contributed by atoms with E-state index in [4.69, 9.17) is 5.73 Å². The SMILES string of the molecule is CCCOC(=O)[C@@H](CC)[C@H](N)C(F)(F)F. The predicted molar refractivity (Wildman–Crippen MR) is 49.1 cm³/mol. The van der Waals surface area contributed by atoms with Crippen molar-refractivity contribution in [3.8, 4) is 0 Å². The molecule has 0 rings (SSSR count). The second kappa shape index (κ2) is 5.95. The van der Waals surface area contributed by atoms with Gasteiger partial charge in [-0.05, 0) is 12.8 Å². The molecule has 3 nitrogen and oxygen atoms in total. The summed E-state index contributed by atoms with van der Waals surface area (Å²) >= 11 is 0. The lowest BCUT2D eigenvalue weighted by Crippen LogP contribution is -2.47. The third-order valence-corrected chi connectivity index (χ3v) is 2.00.